The minimum absolute atomic E-state index is 0.135. The maximum atomic E-state index is 11.9. The number of rotatable bonds is 1. The number of hydrogen-bond donors (Lipinski definition) is 0. The summed E-state index contributed by atoms with van der Waals surface area (Å²) in [6, 6.07) is 7.66. The zero-order chi connectivity index (χ0) is 11.7. The van der Waals surface area contributed by atoms with Crippen molar-refractivity contribution >= 4 is 11.6 Å². The molecule has 0 aliphatic heterocycles. The van der Waals surface area contributed by atoms with E-state index in [9.17, 15) is 4.79 Å². The molecule has 1 aromatic carbocycles. The predicted molar refractivity (Wildman–Crippen MR) is 64.3 cm³/mol. The molecule has 3 nitrogen and oxygen atoms in total. The molecule has 2 aromatic rings. The second kappa shape index (κ2) is 4.10. The molecule has 1 heterocycles. The number of hydrogen-bond acceptors (Lipinski definition) is 2. The van der Waals surface area contributed by atoms with Crippen LogP contribution >= 0.6 is 11.6 Å². The number of aromatic nitrogens is 2. The minimum atomic E-state index is -0.135. The maximum Gasteiger partial charge on any atom is 0.262 e. The maximum absolute atomic E-state index is 11.9. The van der Waals surface area contributed by atoms with E-state index in [1.54, 1.807) is 6.92 Å². The van der Waals surface area contributed by atoms with Crippen LogP contribution in [0, 0.1) is 13.8 Å². The third-order valence-electron chi connectivity index (χ3n) is 2.45. The number of nitrogens with zero attached hydrogens (tertiary/aromatic N) is 2. The standard InChI is InChI=1S/C12H11ClN2O/c1-8-3-5-10(6-4-8)15-7-14-11(13)9(2)12(15)16/h3-7H,1-2H3. The summed E-state index contributed by atoms with van der Waals surface area (Å²) in [5.41, 5.74) is 2.27. The second-order valence-corrected chi connectivity index (χ2v) is 4.03. The molecule has 0 saturated heterocycles. The third kappa shape index (κ3) is 1.86. The van der Waals surface area contributed by atoms with E-state index in [1.165, 1.54) is 10.9 Å². The van der Waals surface area contributed by atoms with E-state index >= 15 is 0 Å². The fourth-order valence-electron chi connectivity index (χ4n) is 1.42. The van der Waals surface area contributed by atoms with Crippen LogP contribution < -0.4 is 5.56 Å². The molecular formula is C12H11ClN2O. The first-order chi connectivity index (χ1) is 7.59. The van der Waals surface area contributed by atoms with Gasteiger partial charge in [0.15, 0.2) is 0 Å². The number of benzene rings is 1. The molecule has 0 aliphatic rings. The normalized spacial score (nSPS) is 10.4. The van der Waals surface area contributed by atoms with Gasteiger partial charge in [0.25, 0.3) is 5.56 Å². The van der Waals surface area contributed by atoms with Crippen LogP contribution in [-0.2, 0) is 0 Å². The summed E-state index contributed by atoms with van der Waals surface area (Å²) in [6.45, 7) is 3.67. The van der Waals surface area contributed by atoms with Crippen molar-refractivity contribution in [1.29, 1.82) is 0 Å². The first-order valence-electron chi connectivity index (χ1n) is 4.90. The molecule has 0 N–H and O–H groups in total. The van der Waals surface area contributed by atoms with E-state index in [0.29, 0.717) is 5.56 Å². The molecule has 0 aliphatic carbocycles. The Kier molecular flexibility index (Phi) is 2.79. The van der Waals surface area contributed by atoms with E-state index in [0.717, 1.165) is 11.3 Å². The molecule has 16 heavy (non-hydrogen) atoms. The van der Waals surface area contributed by atoms with E-state index in [-0.39, 0.29) is 10.7 Å². The summed E-state index contributed by atoms with van der Waals surface area (Å²) < 4.78 is 1.49. The van der Waals surface area contributed by atoms with Gasteiger partial charge >= 0.3 is 0 Å². The number of aryl methyl sites for hydroxylation is 1. The van der Waals surface area contributed by atoms with Gasteiger partial charge in [-0.15, -0.1) is 0 Å². The Balaban J connectivity index is 2.61. The van der Waals surface area contributed by atoms with Gasteiger partial charge in [0.2, 0.25) is 0 Å². The summed E-state index contributed by atoms with van der Waals surface area (Å²) in [7, 11) is 0. The highest BCUT2D eigenvalue weighted by atomic mass is 35.5. The van der Waals surface area contributed by atoms with Gasteiger partial charge < -0.3 is 0 Å². The van der Waals surface area contributed by atoms with Crippen LogP contribution in [0.3, 0.4) is 0 Å². The fraction of sp³-hybridized carbons (Fsp3) is 0.167. The summed E-state index contributed by atoms with van der Waals surface area (Å²) in [4.78, 5) is 15.9. The fourth-order valence-corrected chi connectivity index (χ4v) is 1.54. The largest absolute Gasteiger partial charge is 0.269 e. The predicted octanol–water partition coefficient (Wildman–Crippen LogP) is 2.50. The van der Waals surface area contributed by atoms with Gasteiger partial charge in [0.1, 0.15) is 11.5 Å². The Labute approximate surface area is 98.3 Å². The first kappa shape index (κ1) is 10.9. The average molecular weight is 235 g/mol. The lowest BCUT2D eigenvalue weighted by atomic mass is 10.2. The van der Waals surface area contributed by atoms with E-state index in [1.807, 2.05) is 31.2 Å². The third-order valence-corrected chi connectivity index (χ3v) is 2.83. The van der Waals surface area contributed by atoms with Crippen molar-refractivity contribution in [2.75, 3.05) is 0 Å². The zero-order valence-electron chi connectivity index (χ0n) is 9.07. The summed E-state index contributed by atoms with van der Waals surface area (Å²) in [5.74, 6) is 0. The Morgan fingerprint density at radius 1 is 1.19 bits per heavy atom. The second-order valence-electron chi connectivity index (χ2n) is 3.67. The van der Waals surface area contributed by atoms with Gasteiger partial charge in [-0.25, -0.2) is 4.98 Å². The molecule has 0 saturated carbocycles. The van der Waals surface area contributed by atoms with E-state index < -0.39 is 0 Å². The molecule has 0 radical (unpaired) electrons. The van der Waals surface area contributed by atoms with Crippen LogP contribution in [0.2, 0.25) is 5.15 Å². The number of halogens is 1. The molecule has 82 valence electrons. The molecule has 0 bridgehead atoms. The molecule has 4 heteroatoms. The van der Waals surface area contributed by atoms with Crippen molar-refractivity contribution in [2.24, 2.45) is 0 Å². The highest BCUT2D eigenvalue weighted by Crippen LogP contribution is 2.10. The Bertz CT molecular complexity index is 573. The molecule has 2 rings (SSSR count). The van der Waals surface area contributed by atoms with Gasteiger partial charge in [-0.3, -0.25) is 9.36 Å². The molecular weight excluding hydrogens is 224 g/mol. The van der Waals surface area contributed by atoms with Crippen molar-refractivity contribution < 1.29 is 0 Å². The van der Waals surface area contributed by atoms with Gasteiger partial charge in [-0.2, -0.15) is 0 Å². The minimum Gasteiger partial charge on any atom is -0.269 e. The molecule has 0 unspecified atom stereocenters. The zero-order valence-corrected chi connectivity index (χ0v) is 9.82. The Morgan fingerprint density at radius 3 is 2.44 bits per heavy atom. The molecule has 0 atom stereocenters. The van der Waals surface area contributed by atoms with Crippen molar-refractivity contribution in [3.8, 4) is 5.69 Å². The first-order valence-corrected chi connectivity index (χ1v) is 5.28. The molecule has 1 aromatic heterocycles. The Hall–Kier alpha value is -1.61. The van der Waals surface area contributed by atoms with Gasteiger partial charge in [0.05, 0.1) is 11.3 Å². The molecule has 0 amide bonds. The van der Waals surface area contributed by atoms with Gasteiger partial charge in [0, 0.05) is 0 Å². The molecule has 0 spiro atoms. The summed E-state index contributed by atoms with van der Waals surface area (Å²) in [5, 5.41) is 0.258. The van der Waals surface area contributed by atoms with Crippen LogP contribution in [0.1, 0.15) is 11.1 Å². The van der Waals surface area contributed by atoms with Crippen molar-refractivity contribution in [3.05, 3.63) is 57.2 Å². The quantitative estimate of drug-likeness (QED) is 0.711. The van der Waals surface area contributed by atoms with Crippen LogP contribution in [-0.4, -0.2) is 9.55 Å². The molecule has 0 fully saturated rings. The van der Waals surface area contributed by atoms with Crippen molar-refractivity contribution in [1.82, 2.24) is 9.55 Å². The average Bonchev–Trinajstić information content (AvgIpc) is 2.28. The topological polar surface area (TPSA) is 34.9 Å². The van der Waals surface area contributed by atoms with Gasteiger partial charge in [-0.05, 0) is 26.0 Å². The lowest BCUT2D eigenvalue weighted by molar-refractivity contribution is 0.915. The monoisotopic (exact) mass is 234 g/mol. The Morgan fingerprint density at radius 2 is 1.81 bits per heavy atom. The smallest absolute Gasteiger partial charge is 0.262 e. The van der Waals surface area contributed by atoms with E-state index in [4.69, 9.17) is 11.6 Å². The summed E-state index contributed by atoms with van der Waals surface area (Å²) in [6.07, 6.45) is 1.45. The van der Waals surface area contributed by atoms with Crippen LogP contribution in [0.5, 0.6) is 0 Å². The van der Waals surface area contributed by atoms with Crippen LogP contribution in [0.25, 0.3) is 5.69 Å². The van der Waals surface area contributed by atoms with E-state index in [2.05, 4.69) is 4.98 Å². The lowest BCUT2D eigenvalue weighted by Gasteiger charge is -2.06. The highest BCUT2D eigenvalue weighted by Gasteiger charge is 2.06. The SMILES string of the molecule is Cc1ccc(-n2cnc(Cl)c(C)c2=O)cc1. The summed E-state index contributed by atoms with van der Waals surface area (Å²) >= 11 is 5.77. The lowest BCUT2D eigenvalue weighted by Crippen LogP contribution is -2.21. The van der Waals surface area contributed by atoms with Crippen molar-refractivity contribution in [3.63, 3.8) is 0 Å². The highest BCUT2D eigenvalue weighted by molar-refractivity contribution is 6.30. The van der Waals surface area contributed by atoms with Crippen LogP contribution in [0.4, 0.5) is 0 Å². The van der Waals surface area contributed by atoms with Crippen molar-refractivity contribution in [2.45, 2.75) is 13.8 Å². The van der Waals surface area contributed by atoms with Crippen LogP contribution in [0.15, 0.2) is 35.4 Å². The van der Waals surface area contributed by atoms with Gasteiger partial charge in [-0.1, -0.05) is 29.3 Å².